The molecular formula is C17H24Cl2IN3O2. The number of aliphatic imine (C=N–C) groups is 1. The van der Waals surface area contributed by atoms with Crippen LogP contribution < -0.4 is 5.32 Å². The van der Waals surface area contributed by atoms with Gasteiger partial charge in [-0.15, -0.1) is 24.0 Å². The molecule has 0 atom stereocenters. The van der Waals surface area contributed by atoms with Crippen LogP contribution in [0, 0.1) is 5.92 Å². The van der Waals surface area contributed by atoms with Gasteiger partial charge in [0.15, 0.2) is 5.96 Å². The molecule has 0 aliphatic carbocycles. The number of nitrogens with zero attached hydrogens (tertiary/aromatic N) is 2. The minimum atomic E-state index is -0.121. The molecule has 1 aromatic rings. The molecule has 1 saturated heterocycles. The number of carbonyl (C=O) groups excluding carboxylic acids is 1. The molecule has 1 aliphatic rings. The van der Waals surface area contributed by atoms with E-state index >= 15 is 0 Å². The number of hydrogen-bond donors (Lipinski definition) is 1. The van der Waals surface area contributed by atoms with Crippen LogP contribution in [-0.4, -0.2) is 43.6 Å². The lowest BCUT2D eigenvalue weighted by atomic mass is 9.97. The van der Waals surface area contributed by atoms with Gasteiger partial charge in [0.2, 0.25) is 0 Å². The van der Waals surface area contributed by atoms with Crippen LogP contribution in [0.1, 0.15) is 25.3 Å². The van der Waals surface area contributed by atoms with Gasteiger partial charge in [0.1, 0.15) is 0 Å². The lowest BCUT2D eigenvalue weighted by Gasteiger charge is -2.33. The van der Waals surface area contributed by atoms with Gasteiger partial charge in [-0.2, -0.15) is 0 Å². The van der Waals surface area contributed by atoms with E-state index in [0.717, 1.165) is 44.0 Å². The number of rotatable bonds is 4. The van der Waals surface area contributed by atoms with Gasteiger partial charge in [-0.1, -0.05) is 29.3 Å². The molecule has 1 fully saturated rings. The van der Waals surface area contributed by atoms with E-state index in [9.17, 15) is 4.79 Å². The molecule has 1 N–H and O–H groups in total. The lowest BCUT2D eigenvalue weighted by molar-refractivity contribution is -0.146. The van der Waals surface area contributed by atoms with Crippen LogP contribution >= 0.6 is 47.2 Å². The molecule has 1 aliphatic heterocycles. The van der Waals surface area contributed by atoms with Crippen molar-refractivity contribution in [3.8, 4) is 0 Å². The number of hydrogen-bond acceptors (Lipinski definition) is 3. The highest BCUT2D eigenvalue weighted by molar-refractivity contribution is 14.0. The molecule has 0 amide bonds. The molecule has 2 rings (SSSR count). The SMILES string of the molecule is CCNC(=NCc1ccc(Cl)cc1Cl)N1CCC(C(=O)OC)CC1.I. The summed E-state index contributed by atoms with van der Waals surface area (Å²) in [5.41, 5.74) is 0.931. The Kier molecular flexibility index (Phi) is 9.89. The maximum Gasteiger partial charge on any atom is 0.308 e. The van der Waals surface area contributed by atoms with Gasteiger partial charge in [0.05, 0.1) is 19.6 Å². The minimum absolute atomic E-state index is 0. The molecule has 25 heavy (non-hydrogen) atoms. The third-order valence-electron chi connectivity index (χ3n) is 4.08. The van der Waals surface area contributed by atoms with E-state index in [1.807, 2.05) is 19.1 Å². The van der Waals surface area contributed by atoms with Crippen LogP contribution in [0.4, 0.5) is 0 Å². The van der Waals surface area contributed by atoms with Crippen molar-refractivity contribution >= 4 is 59.1 Å². The number of halogens is 3. The summed E-state index contributed by atoms with van der Waals surface area (Å²) in [7, 11) is 1.44. The van der Waals surface area contributed by atoms with Crippen LogP contribution in [0.3, 0.4) is 0 Å². The Morgan fingerprint density at radius 3 is 2.60 bits per heavy atom. The van der Waals surface area contributed by atoms with Gasteiger partial charge < -0.3 is 15.0 Å². The quantitative estimate of drug-likeness (QED) is 0.295. The fourth-order valence-corrected chi connectivity index (χ4v) is 3.20. The molecule has 0 saturated carbocycles. The van der Waals surface area contributed by atoms with Crippen LogP contribution in [-0.2, 0) is 16.1 Å². The maximum atomic E-state index is 11.6. The van der Waals surface area contributed by atoms with Crippen molar-refractivity contribution in [3.05, 3.63) is 33.8 Å². The van der Waals surface area contributed by atoms with Crippen LogP contribution in [0.25, 0.3) is 0 Å². The first-order chi connectivity index (χ1) is 11.5. The molecule has 0 radical (unpaired) electrons. The Labute approximate surface area is 176 Å². The van der Waals surface area contributed by atoms with Gasteiger partial charge in [-0.05, 0) is 37.5 Å². The Morgan fingerprint density at radius 2 is 2.04 bits per heavy atom. The number of carbonyl (C=O) groups is 1. The summed E-state index contributed by atoms with van der Waals surface area (Å²) in [6.07, 6.45) is 1.55. The average Bonchev–Trinajstić information content (AvgIpc) is 2.59. The van der Waals surface area contributed by atoms with Crippen molar-refractivity contribution in [3.63, 3.8) is 0 Å². The molecule has 0 spiro atoms. The van der Waals surface area contributed by atoms with Crippen LogP contribution in [0.15, 0.2) is 23.2 Å². The monoisotopic (exact) mass is 499 g/mol. The van der Waals surface area contributed by atoms with Crippen LogP contribution in [0.2, 0.25) is 10.0 Å². The van der Waals surface area contributed by atoms with Gasteiger partial charge in [0, 0.05) is 29.7 Å². The molecular weight excluding hydrogens is 476 g/mol. The van der Waals surface area contributed by atoms with Crippen molar-refractivity contribution < 1.29 is 9.53 Å². The second-order valence-corrected chi connectivity index (χ2v) is 6.53. The Hall–Kier alpha value is -0.730. The molecule has 5 nitrogen and oxygen atoms in total. The Balaban J connectivity index is 0.00000312. The van der Waals surface area contributed by atoms with Gasteiger partial charge in [-0.25, -0.2) is 4.99 Å². The Morgan fingerprint density at radius 1 is 1.36 bits per heavy atom. The third-order valence-corrected chi connectivity index (χ3v) is 4.67. The number of methoxy groups -OCH3 is 1. The van der Waals surface area contributed by atoms with E-state index in [2.05, 4.69) is 15.2 Å². The standard InChI is InChI=1S/C17H23Cl2N3O2.HI/c1-3-20-17(21-11-13-4-5-14(18)10-15(13)19)22-8-6-12(7-9-22)16(23)24-2;/h4-5,10,12H,3,6-9,11H2,1-2H3,(H,20,21);1H. The highest BCUT2D eigenvalue weighted by Crippen LogP contribution is 2.22. The molecule has 140 valence electrons. The van der Waals surface area contributed by atoms with E-state index < -0.39 is 0 Å². The highest BCUT2D eigenvalue weighted by Gasteiger charge is 2.26. The number of guanidine groups is 1. The first-order valence-corrected chi connectivity index (χ1v) is 8.85. The molecule has 8 heteroatoms. The molecule has 1 aromatic carbocycles. The fourth-order valence-electron chi connectivity index (χ4n) is 2.73. The fraction of sp³-hybridized carbons (Fsp3) is 0.529. The summed E-state index contributed by atoms with van der Waals surface area (Å²) in [5, 5.41) is 4.53. The van der Waals surface area contributed by atoms with Crippen molar-refractivity contribution in [1.82, 2.24) is 10.2 Å². The van der Waals surface area contributed by atoms with Gasteiger partial charge >= 0.3 is 5.97 Å². The molecule has 0 unspecified atom stereocenters. The first-order valence-electron chi connectivity index (χ1n) is 8.10. The topological polar surface area (TPSA) is 53.9 Å². The van der Waals surface area contributed by atoms with E-state index in [1.165, 1.54) is 7.11 Å². The number of esters is 1. The smallest absolute Gasteiger partial charge is 0.308 e. The summed E-state index contributed by atoms with van der Waals surface area (Å²) < 4.78 is 4.83. The van der Waals surface area contributed by atoms with Crippen molar-refractivity contribution in [1.29, 1.82) is 0 Å². The summed E-state index contributed by atoms with van der Waals surface area (Å²) in [6.45, 7) is 4.85. The molecule has 0 bridgehead atoms. The van der Waals surface area contributed by atoms with Gasteiger partial charge in [-0.3, -0.25) is 4.79 Å². The van der Waals surface area contributed by atoms with E-state index in [1.54, 1.807) is 6.07 Å². The molecule has 1 heterocycles. The number of ether oxygens (including phenoxy) is 1. The number of piperidine rings is 1. The average molecular weight is 500 g/mol. The van der Waals surface area contributed by atoms with Gasteiger partial charge in [0.25, 0.3) is 0 Å². The van der Waals surface area contributed by atoms with Crippen molar-refractivity contribution in [2.75, 3.05) is 26.7 Å². The summed E-state index contributed by atoms with van der Waals surface area (Å²) in [5.74, 6) is 0.705. The largest absolute Gasteiger partial charge is 0.469 e. The Bertz CT molecular complexity index is 606. The zero-order chi connectivity index (χ0) is 17.5. The summed E-state index contributed by atoms with van der Waals surface area (Å²) in [4.78, 5) is 18.5. The molecule has 0 aromatic heterocycles. The summed E-state index contributed by atoms with van der Waals surface area (Å²) in [6, 6.07) is 5.43. The zero-order valence-corrected chi connectivity index (χ0v) is 18.3. The lowest BCUT2D eigenvalue weighted by Crippen LogP contribution is -2.46. The predicted octanol–water partition coefficient (Wildman–Crippen LogP) is 3.96. The zero-order valence-electron chi connectivity index (χ0n) is 14.4. The van der Waals surface area contributed by atoms with E-state index in [-0.39, 0.29) is 35.9 Å². The number of nitrogens with one attached hydrogen (secondary N) is 1. The second kappa shape index (κ2) is 11.1. The van der Waals surface area contributed by atoms with Crippen molar-refractivity contribution in [2.24, 2.45) is 10.9 Å². The number of likely N-dealkylation sites (tertiary alicyclic amines) is 1. The van der Waals surface area contributed by atoms with E-state index in [4.69, 9.17) is 27.9 Å². The van der Waals surface area contributed by atoms with Crippen LogP contribution in [0.5, 0.6) is 0 Å². The maximum absolute atomic E-state index is 11.6. The number of benzene rings is 1. The second-order valence-electron chi connectivity index (χ2n) is 5.69. The van der Waals surface area contributed by atoms with E-state index in [0.29, 0.717) is 16.6 Å². The van der Waals surface area contributed by atoms with Crippen molar-refractivity contribution in [2.45, 2.75) is 26.3 Å². The highest BCUT2D eigenvalue weighted by atomic mass is 127. The normalized spacial score (nSPS) is 15.5. The predicted molar refractivity (Wildman–Crippen MR) is 113 cm³/mol. The minimum Gasteiger partial charge on any atom is -0.469 e. The first kappa shape index (κ1) is 22.3. The third kappa shape index (κ3) is 6.49. The summed E-state index contributed by atoms with van der Waals surface area (Å²) >= 11 is 12.1.